The molecule has 5 aromatic carbocycles. The van der Waals surface area contributed by atoms with Gasteiger partial charge in [0.25, 0.3) is 0 Å². The summed E-state index contributed by atoms with van der Waals surface area (Å²) >= 11 is 0. The fourth-order valence-electron chi connectivity index (χ4n) is 7.79. The second-order valence-corrected chi connectivity index (χ2v) is 17.4. The molecule has 1 unspecified atom stereocenters. The van der Waals surface area contributed by atoms with Gasteiger partial charge >= 0.3 is 0 Å². The van der Waals surface area contributed by atoms with Crippen molar-refractivity contribution in [3.05, 3.63) is 103 Å². The van der Waals surface area contributed by atoms with Crippen LogP contribution in [0.2, 0.25) is 0 Å². The third-order valence-corrected chi connectivity index (χ3v) is 12.3. The number of rotatable bonds is 15. The number of aromatic nitrogens is 1. The number of sulfone groups is 1. The van der Waals surface area contributed by atoms with Gasteiger partial charge in [0, 0.05) is 85.6 Å². The number of aromatic hydroxyl groups is 2. The van der Waals surface area contributed by atoms with Gasteiger partial charge in [0.2, 0.25) is 17.7 Å². The van der Waals surface area contributed by atoms with Crippen molar-refractivity contribution in [3.63, 3.8) is 0 Å². The molecule has 0 saturated carbocycles. The monoisotopic (exact) mass is 861 g/mol. The minimum Gasteiger partial charge on any atom is -0.508 e. The molecule has 62 heavy (non-hydrogen) atoms. The van der Waals surface area contributed by atoms with Crippen molar-refractivity contribution in [1.82, 2.24) is 20.1 Å². The maximum absolute atomic E-state index is 12.9. The Morgan fingerprint density at radius 3 is 2.29 bits per heavy atom. The van der Waals surface area contributed by atoms with Crippen LogP contribution in [-0.2, 0) is 29.0 Å². The predicted molar refractivity (Wildman–Crippen MR) is 234 cm³/mol. The van der Waals surface area contributed by atoms with Gasteiger partial charge in [-0.15, -0.1) is 0 Å². The minimum atomic E-state index is -3.35. The fraction of sp³-hybridized carbons (Fsp3) is 0.283. The molecule has 8 rings (SSSR count). The lowest BCUT2D eigenvalue weighted by Crippen LogP contribution is -2.49. The Bertz CT molecular complexity index is 2730. The topological polar surface area (TPSA) is 189 Å². The van der Waals surface area contributed by atoms with E-state index in [4.69, 9.17) is 14.2 Å². The number of imide groups is 1. The van der Waals surface area contributed by atoms with Crippen LogP contribution in [0, 0.1) is 0 Å². The number of anilines is 1. The molecule has 2 aliphatic heterocycles. The average molecular weight is 862 g/mol. The number of carbonyl (C=O) groups excluding carboxylic acids is 3. The summed E-state index contributed by atoms with van der Waals surface area (Å²) in [5.41, 5.74) is 2.45. The number of piperazine rings is 1. The van der Waals surface area contributed by atoms with E-state index in [1.807, 2.05) is 42.5 Å². The first-order valence-electron chi connectivity index (χ1n) is 20.4. The molecule has 15 nitrogen and oxygen atoms in total. The molecule has 3 heterocycles. The van der Waals surface area contributed by atoms with Gasteiger partial charge < -0.3 is 44.1 Å². The summed E-state index contributed by atoms with van der Waals surface area (Å²) < 4.78 is 43.6. The smallest absolute Gasteiger partial charge is 0.249 e. The molecule has 4 N–H and O–H groups in total. The van der Waals surface area contributed by atoms with Crippen molar-refractivity contribution < 1.29 is 47.2 Å². The molecule has 6 aromatic rings. The van der Waals surface area contributed by atoms with Crippen molar-refractivity contribution >= 4 is 54.8 Å². The summed E-state index contributed by atoms with van der Waals surface area (Å²) in [5.74, 6) is 1.10. The van der Waals surface area contributed by atoms with E-state index >= 15 is 0 Å². The van der Waals surface area contributed by atoms with Gasteiger partial charge in [-0.05, 0) is 90.2 Å². The number of hydrogen-bond donors (Lipinski definition) is 4. The molecule has 322 valence electrons. The van der Waals surface area contributed by atoms with Crippen LogP contribution in [0.3, 0.4) is 0 Å². The van der Waals surface area contributed by atoms with E-state index in [-0.39, 0.29) is 41.4 Å². The zero-order chi connectivity index (χ0) is 43.4. The number of phenolic OH excluding ortho intramolecular Hbond substituents is 1. The molecular weight excluding hydrogens is 815 g/mol. The molecule has 0 radical (unpaired) electrons. The van der Waals surface area contributed by atoms with Crippen molar-refractivity contribution in [1.29, 1.82) is 0 Å². The molecule has 0 spiro atoms. The van der Waals surface area contributed by atoms with Crippen LogP contribution in [0.1, 0.15) is 18.9 Å². The Balaban J connectivity index is 0.752. The number of nitrogens with one attached hydrogen (secondary N) is 2. The molecule has 2 saturated heterocycles. The van der Waals surface area contributed by atoms with Gasteiger partial charge in [-0.1, -0.05) is 24.3 Å². The summed E-state index contributed by atoms with van der Waals surface area (Å²) in [7, 11) is -3.35. The lowest BCUT2D eigenvalue weighted by Gasteiger charge is -2.36. The summed E-state index contributed by atoms with van der Waals surface area (Å²) in [4.78, 5) is 41.1. The largest absolute Gasteiger partial charge is 0.508 e. The van der Waals surface area contributed by atoms with Crippen LogP contribution >= 0.6 is 0 Å². The number of fused-ring (bicyclic) bond motifs is 2. The Hall–Kier alpha value is -6.62. The third-order valence-electron chi connectivity index (χ3n) is 11.1. The Morgan fingerprint density at radius 2 is 1.55 bits per heavy atom. The van der Waals surface area contributed by atoms with Crippen LogP contribution < -0.4 is 25.0 Å². The van der Waals surface area contributed by atoms with Gasteiger partial charge in [-0.3, -0.25) is 19.7 Å². The van der Waals surface area contributed by atoms with E-state index in [0.717, 1.165) is 33.0 Å². The first-order chi connectivity index (χ1) is 29.9. The predicted octanol–water partition coefficient (Wildman–Crippen LogP) is 5.38. The zero-order valence-electron chi connectivity index (χ0n) is 34.1. The zero-order valence-corrected chi connectivity index (χ0v) is 34.9. The Labute approximate surface area is 358 Å². The molecule has 1 aromatic heterocycles. The SMILES string of the molecule is CS(=O)(=O)c1ccc(-c2ccc3cc(O)ccc3c2Oc2ccc(OCCNCCOCC(=O)N3CCN(c4ccc5cn(C6CCC(=O)NC6=O)c(O)c5c4)CC3)cc2)cc1. The highest BCUT2D eigenvalue weighted by Crippen LogP contribution is 2.41. The van der Waals surface area contributed by atoms with Gasteiger partial charge in [-0.25, -0.2) is 8.42 Å². The van der Waals surface area contributed by atoms with Gasteiger partial charge in [-0.2, -0.15) is 0 Å². The molecular formula is C46H47N5O10S. The molecule has 0 bridgehead atoms. The molecule has 16 heteroatoms. The summed E-state index contributed by atoms with van der Waals surface area (Å²) in [5, 5.41) is 29.6. The van der Waals surface area contributed by atoms with E-state index in [2.05, 4.69) is 15.5 Å². The van der Waals surface area contributed by atoms with Gasteiger partial charge in [0.15, 0.2) is 15.7 Å². The van der Waals surface area contributed by atoms with Crippen molar-refractivity contribution in [2.45, 2.75) is 23.8 Å². The van der Waals surface area contributed by atoms with Gasteiger partial charge in [0.1, 0.15) is 42.3 Å². The van der Waals surface area contributed by atoms with Crippen molar-refractivity contribution in [3.8, 4) is 40.0 Å². The fourth-order valence-corrected chi connectivity index (χ4v) is 8.42. The molecule has 3 amide bonds. The van der Waals surface area contributed by atoms with Crippen LogP contribution in [0.5, 0.6) is 28.9 Å². The highest BCUT2D eigenvalue weighted by Gasteiger charge is 2.30. The Kier molecular flexibility index (Phi) is 12.3. The van der Waals surface area contributed by atoms with E-state index in [9.17, 15) is 33.0 Å². The number of nitrogens with zero attached hydrogens (tertiary/aromatic N) is 3. The lowest BCUT2D eigenvalue weighted by molar-refractivity contribution is -0.137. The maximum atomic E-state index is 12.9. The van der Waals surface area contributed by atoms with Crippen molar-refractivity contribution in [2.75, 3.05) is 70.2 Å². The van der Waals surface area contributed by atoms with Crippen LogP contribution in [0.4, 0.5) is 5.69 Å². The molecule has 0 aliphatic carbocycles. The third kappa shape index (κ3) is 9.47. The van der Waals surface area contributed by atoms with Crippen LogP contribution in [0.25, 0.3) is 32.7 Å². The van der Waals surface area contributed by atoms with E-state index in [1.54, 1.807) is 65.7 Å². The summed E-state index contributed by atoms with van der Waals surface area (Å²) in [6, 6.07) is 27.8. The number of benzene rings is 5. The maximum Gasteiger partial charge on any atom is 0.249 e. The minimum absolute atomic E-state index is 0.0146. The number of hydrogen-bond acceptors (Lipinski definition) is 12. The highest BCUT2D eigenvalue weighted by atomic mass is 32.2. The summed E-state index contributed by atoms with van der Waals surface area (Å²) in [6.45, 7) is 4.15. The average Bonchev–Trinajstić information content (AvgIpc) is 3.59. The van der Waals surface area contributed by atoms with Crippen molar-refractivity contribution in [2.24, 2.45) is 0 Å². The number of phenols is 1. The first kappa shape index (κ1) is 42.1. The number of carbonyl (C=O) groups is 3. The summed E-state index contributed by atoms with van der Waals surface area (Å²) in [6.07, 6.45) is 3.46. The molecule has 2 aliphatic rings. The van der Waals surface area contributed by atoms with E-state index in [0.29, 0.717) is 81.5 Å². The highest BCUT2D eigenvalue weighted by molar-refractivity contribution is 7.90. The molecule has 1 atom stereocenters. The Morgan fingerprint density at radius 1 is 0.823 bits per heavy atom. The number of ether oxygens (including phenoxy) is 3. The van der Waals surface area contributed by atoms with Gasteiger partial charge in [0.05, 0.1) is 11.5 Å². The van der Waals surface area contributed by atoms with Crippen LogP contribution in [-0.4, -0.2) is 111 Å². The van der Waals surface area contributed by atoms with E-state index in [1.165, 1.54) is 10.8 Å². The second kappa shape index (κ2) is 18.2. The standard InChI is InChI=1S/C46H47N5O10S/c1-62(57,58)37-12-3-30(4-13-37)38-14-5-31-26-34(52)7-15-39(31)44(38)61-36-10-8-35(9-11-36)60-25-19-47-18-24-59-29-43(54)50-22-20-49(21-23-50)33-6-2-32-28-51(46(56)40(32)27-33)41-16-17-42(53)48-45(41)55/h2-15,26-28,41,47,52,56H,16-25,29H2,1H3,(H,48,53,55). The number of piperidine rings is 1. The quantitative estimate of drug-likeness (QED) is 0.0764. The van der Waals surface area contributed by atoms with E-state index < -0.39 is 21.8 Å². The lowest BCUT2D eigenvalue weighted by atomic mass is 9.99. The number of amides is 3. The molecule has 2 fully saturated rings. The first-order valence-corrected chi connectivity index (χ1v) is 22.3. The normalized spacial score (nSPS) is 15.9. The van der Waals surface area contributed by atoms with Crippen LogP contribution in [0.15, 0.2) is 108 Å². The second-order valence-electron chi connectivity index (χ2n) is 15.3.